The lowest BCUT2D eigenvalue weighted by molar-refractivity contribution is -0.111. The first kappa shape index (κ1) is 19.8. The smallest absolute Gasteiger partial charge is 0.248 e. The summed E-state index contributed by atoms with van der Waals surface area (Å²) in [4.78, 5) is 16.8. The molecule has 144 valence electrons. The fourth-order valence-electron chi connectivity index (χ4n) is 3.15. The number of pyridine rings is 1. The second kappa shape index (κ2) is 8.40. The second-order valence-corrected chi connectivity index (χ2v) is 7.15. The summed E-state index contributed by atoms with van der Waals surface area (Å²) in [6, 6.07) is 11.9. The number of hydrogen-bond donors (Lipinski definition) is 1. The summed E-state index contributed by atoms with van der Waals surface area (Å²) in [6.07, 6.45) is 3.18. The van der Waals surface area contributed by atoms with E-state index in [1.807, 2.05) is 64.1 Å². The fraction of sp³-hybridized carbons (Fsp3) is 0.227. The van der Waals surface area contributed by atoms with Gasteiger partial charge in [0, 0.05) is 17.3 Å². The number of aromatic nitrogens is 3. The number of amides is 1. The molecule has 3 rings (SSSR count). The number of anilines is 1. The van der Waals surface area contributed by atoms with Crippen molar-refractivity contribution in [3.05, 3.63) is 81.4 Å². The van der Waals surface area contributed by atoms with Crippen LogP contribution in [0, 0.1) is 27.7 Å². The molecule has 28 heavy (non-hydrogen) atoms. The number of carbonyl (C=O) groups excluding carboxylic acids is 1. The standard InChI is InChI=1S/C22H23ClN4O/c1-14-12-15(2)24-17(4)21(14)25-20(28)11-10-19-16(3)26-27(22(19)23)13-18-8-6-5-7-9-18/h5-12H,13H2,1-4H3,(H,25,28)/b11-10+. The van der Waals surface area contributed by atoms with E-state index in [-0.39, 0.29) is 5.91 Å². The maximum absolute atomic E-state index is 12.4. The summed E-state index contributed by atoms with van der Waals surface area (Å²) in [5.74, 6) is -0.233. The van der Waals surface area contributed by atoms with Crippen molar-refractivity contribution in [1.82, 2.24) is 14.8 Å². The highest BCUT2D eigenvalue weighted by molar-refractivity contribution is 6.31. The molecule has 0 atom stereocenters. The number of nitrogens with zero attached hydrogens (tertiary/aromatic N) is 3. The van der Waals surface area contributed by atoms with Gasteiger partial charge in [-0.1, -0.05) is 41.9 Å². The summed E-state index contributed by atoms with van der Waals surface area (Å²) in [6.45, 7) is 8.23. The lowest BCUT2D eigenvalue weighted by Gasteiger charge is -2.10. The molecule has 1 amide bonds. The third-order valence-electron chi connectivity index (χ3n) is 4.46. The van der Waals surface area contributed by atoms with E-state index >= 15 is 0 Å². The van der Waals surface area contributed by atoms with Crippen LogP contribution < -0.4 is 5.32 Å². The Balaban J connectivity index is 1.76. The second-order valence-electron chi connectivity index (χ2n) is 6.80. The van der Waals surface area contributed by atoms with Crippen LogP contribution in [0.25, 0.3) is 6.08 Å². The predicted molar refractivity (Wildman–Crippen MR) is 114 cm³/mol. The van der Waals surface area contributed by atoms with Gasteiger partial charge in [-0.25, -0.2) is 4.68 Å². The summed E-state index contributed by atoms with van der Waals surface area (Å²) in [7, 11) is 0. The largest absolute Gasteiger partial charge is 0.321 e. The highest BCUT2D eigenvalue weighted by Crippen LogP contribution is 2.23. The van der Waals surface area contributed by atoms with E-state index in [2.05, 4.69) is 15.4 Å². The van der Waals surface area contributed by atoms with Crippen molar-refractivity contribution in [1.29, 1.82) is 0 Å². The zero-order valence-corrected chi connectivity index (χ0v) is 17.2. The zero-order valence-electron chi connectivity index (χ0n) is 16.5. The van der Waals surface area contributed by atoms with Crippen molar-refractivity contribution in [3.63, 3.8) is 0 Å². The Kier molecular flexibility index (Phi) is 5.95. The van der Waals surface area contributed by atoms with Gasteiger partial charge in [0.15, 0.2) is 0 Å². The molecule has 1 aromatic carbocycles. The van der Waals surface area contributed by atoms with Gasteiger partial charge in [-0.15, -0.1) is 0 Å². The van der Waals surface area contributed by atoms with E-state index in [4.69, 9.17) is 11.6 Å². The van der Waals surface area contributed by atoms with Gasteiger partial charge in [0.25, 0.3) is 0 Å². The minimum absolute atomic E-state index is 0.233. The summed E-state index contributed by atoms with van der Waals surface area (Å²) in [5.41, 5.74) is 6.07. The Morgan fingerprint density at radius 1 is 1.14 bits per heavy atom. The van der Waals surface area contributed by atoms with Crippen molar-refractivity contribution in [3.8, 4) is 0 Å². The number of nitrogens with one attached hydrogen (secondary N) is 1. The number of benzene rings is 1. The molecule has 0 radical (unpaired) electrons. The number of halogens is 1. The van der Waals surface area contributed by atoms with Gasteiger partial charge in [-0.3, -0.25) is 9.78 Å². The van der Waals surface area contributed by atoms with Crippen molar-refractivity contribution in [2.75, 3.05) is 5.32 Å². The molecule has 0 aliphatic heterocycles. The lowest BCUT2D eigenvalue weighted by Crippen LogP contribution is -2.11. The van der Waals surface area contributed by atoms with Crippen LogP contribution in [0.15, 0.2) is 42.5 Å². The molecule has 0 aliphatic carbocycles. The third-order valence-corrected chi connectivity index (χ3v) is 4.86. The normalized spacial score (nSPS) is 11.2. The molecule has 0 bridgehead atoms. The van der Waals surface area contributed by atoms with Gasteiger partial charge in [0.05, 0.1) is 23.6 Å². The third kappa shape index (κ3) is 4.49. The number of carbonyl (C=O) groups is 1. The van der Waals surface area contributed by atoms with Gasteiger partial charge in [0.2, 0.25) is 5.91 Å². The van der Waals surface area contributed by atoms with Crippen molar-refractivity contribution in [2.45, 2.75) is 34.2 Å². The van der Waals surface area contributed by atoms with Gasteiger partial charge in [-0.05, 0) is 51.0 Å². The SMILES string of the molecule is Cc1cc(C)c(NC(=O)/C=C/c2c(C)nn(Cc3ccccc3)c2Cl)c(C)n1. The average molecular weight is 395 g/mol. The summed E-state index contributed by atoms with van der Waals surface area (Å²) >= 11 is 6.50. The van der Waals surface area contributed by atoms with Gasteiger partial charge in [0.1, 0.15) is 5.15 Å². The molecular weight excluding hydrogens is 372 g/mol. The van der Waals surface area contributed by atoms with Crippen molar-refractivity contribution >= 4 is 29.3 Å². The molecule has 0 unspecified atom stereocenters. The highest BCUT2D eigenvalue weighted by atomic mass is 35.5. The van der Waals surface area contributed by atoms with Crippen LogP contribution in [-0.2, 0) is 11.3 Å². The quantitative estimate of drug-likeness (QED) is 0.628. The molecule has 0 saturated heterocycles. The fourth-order valence-corrected chi connectivity index (χ4v) is 3.45. The molecule has 0 fully saturated rings. The first-order chi connectivity index (χ1) is 13.3. The number of aryl methyl sites for hydroxylation is 4. The van der Waals surface area contributed by atoms with Crippen molar-refractivity contribution in [2.24, 2.45) is 0 Å². The summed E-state index contributed by atoms with van der Waals surface area (Å²) in [5, 5.41) is 7.91. The lowest BCUT2D eigenvalue weighted by atomic mass is 10.1. The van der Waals surface area contributed by atoms with E-state index in [9.17, 15) is 4.79 Å². The van der Waals surface area contributed by atoms with Crippen LogP contribution in [0.5, 0.6) is 0 Å². The molecule has 2 aromatic heterocycles. The average Bonchev–Trinajstić information content (AvgIpc) is 2.90. The number of hydrogen-bond acceptors (Lipinski definition) is 3. The molecule has 0 aliphatic rings. The Morgan fingerprint density at radius 2 is 1.86 bits per heavy atom. The zero-order chi connectivity index (χ0) is 20.3. The summed E-state index contributed by atoms with van der Waals surface area (Å²) < 4.78 is 1.74. The maximum atomic E-state index is 12.4. The predicted octanol–water partition coefficient (Wildman–Crippen LogP) is 4.87. The van der Waals surface area contributed by atoms with Gasteiger partial charge < -0.3 is 5.32 Å². The molecule has 2 heterocycles. The Hall–Kier alpha value is -2.92. The Bertz CT molecular complexity index is 1020. The molecule has 0 spiro atoms. The molecule has 5 nitrogen and oxygen atoms in total. The van der Waals surface area contributed by atoms with E-state index in [1.54, 1.807) is 10.8 Å². The Labute approximate surface area is 170 Å². The molecule has 1 N–H and O–H groups in total. The van der Waals surface area contributed by atoms with Gasteiger partial charge >= 0.3 is 0 Å². The van der Waals surface area contributed by atoms with E-state index in [0.717, 1.165) is 39.5 Å². The maximum Gasteiger partial charge on any atom is 0.248 e. The topological polar surface area (TPSA) is 59.8 Å². The monoisotopic (exact) mass is 394 g/mol. The van der Waals surface area contributed by atoms with Crippen LogP contribution in [0.2, 0.25) is 5.15 Å². The highest BCUT2D eigenvalue weighted by Gasteiger charge is 2.12. The van der Waals surface area contributed by atoms with E-state index in [1.165, 1.54) is 6.08 Å². The molecule has 6 heteroatoms. The van der Waals surface area contributed by atoms with Crippen LogP contribution >= 0.6 is 11.6 Å². The first-order valence-electron chi connectivity index (χ1n) is 9.06. The minimum atomic E-state index is -0.233. The van der Waals surface area contributed by atoms with Crippen LogP contribution in [-0.4, -0.2) is 20.7 Å². The van der Waals surface area contributed by atoms with Gasteiger partial charge in [-0.2, -0.15) is 5.10 Å². The van der Waals surface area contributed by atoms with Crippen molar-refractivity contribution < 1.29 is 4.79 Å². The first-order valence-corrected chi connectivity index (χ1v) is 9.43. The molecular formula is C22H23ClN4O. The van der Waals surface area contributed by atoms with Crippen LogP contribution in [0.3, 0.4) is 0 Å². The van der Waals surface area contributed by atoms with Crippen LogP contribution in [0.1, 0.15) is 33.8 Å². The number of rotatable bonds is 5. The minimum Gasteiger partial charge on any atom is -0.321 e. The molecule has 0 saturated carbocycles. The molecule has 3 aromatic rings. The van der Waals surface area contributed by atoms with E-state index < -0.39 is 0 Å². The Morgan fingerprint density at radius 3 is 2.54 bits per heavy atom. The van der Waals surface area contributed by atoms with E-state index in [0.29, 0.717) is 11.7 Å². The van der Waals surface area contributed by atoms with Crippen LogP contribution in [0.4, 0.5) is 5.69 Å².